The van der Waals surface area contributed by atoms with Crippen molar-refractivity contribution in [3.8, 4) is 0 Å². The van der Waals surface area contributed by atoms with Crippen LogP contribution in [0.4, 0.5) is 0 Å². The highest BCUT2D eigenvalue weighted by atomic mass is 15.2. The Kier molecular flexibility index (Phi) is 3.24. The minimum absolute atomic E-state index is 0.738. The van der Waals surface area contributed by atoms with Crippen molar-refractivity contribution in [1.29, 1.82) is 0 Å². The third kappa shape index (κ3) is 2.37. The summed E-state index contributed by atoms with van der Waals surface area (Å²) in [4.78, 5) is 2.58. The molecule has 0 aromatic carbocycles. The Morgan fingerprint density at radius 1 is 1.57 bits per heavy atom. The van der Waals surface area contributed by atoms with Gasteiger partial charge in [0, 0.05) is 25.7 Å². The second-order valence-corrected chi connectivity index (χ2v) is 4.89. The Bertz CT molecular complexity index is 222. The van der Waals surface area contributed by atoms with Crippen molar-refractivity contribution in [2.45, 2.75) is 32.7 Å². The molecule has 1 N–H and O–H groups in total. The van der Waals surface area contributed by atoms with Crippen molar-refractivity contribution < 1.29 is 0 Å². The predicted molar refractivity (Wildman–Crippen MR) is 60.4 cm³/mol. The van der Waals surface area contributed by atoms with Gasteiger partial charge in [0.2, 0.25) is 0 Å². The van der Waals surface area contributed by atoms with Gasteiger partial charge in [-0.15, -0.1) is 0 Å². The lowest BCUT2D eigenvalue weighted by atomic mass is 10.0. The highest BCUT2D eigenvalue weighted by molar-refractivity contribution is 5.04. The average Bonchev–Trinajstić information content (AvgIpc) is 2.56. The van der Waals surface area contributed by atoms with Crippen LogP contribution in [0.15, 0.2) is 11.6 Å². The molecule has 2 unspecified atom stereocenters. The maximum absolute atomic E-state index is 3.60. The summed E-state index contributed by atoms with van der Waals surface area (Å²) in [7, 11) is 0. The summed E-state index contributed by atoms with van der Waals surface area (Å²) in [5, 5.41) is 3.60. The van der Waals surface area contributed by atoms with E-state index in [1.807, 2.05) is 0 Å². The topological polar surface area (TPSA) is 15.3 Å². The molecule has 80 valence electrons. The van der Waals surface area contributed by atoms with Gasteiger partial charge in [0.15, 0.2) is 0 Å². The van der Waals surface area contributed by atoms with E-state index in [2.05, 4.69) is 30.1 Å². The summed E-state index contributed by atoms with van der Waals surface area (Å²) in [5.74, 6) is 0.863. The van der Waals surface area contributed by atoms with E-state index in [-0.39, 0.29) is 0 Å². The summed E-state index contributed by atoms with van der Waals surface area (Å²) < 4.78 is 0. The Morgan fingerprint density at radius 2 is 2.43 bits per heavy atom. The van der Waals surface area contributed by atoms with Crippen LogP contribution in [0.25, 0.3) is 0 Å². The Morgan fingerprint density at radius 3 is 3.00 bits per heavy atom. The number of hydrogen-bond donors (Lipinski definition) is 1. The zero-order chi connectivity index (χ0) is 9.97. The van der Waals surface area contributed by atoms with E-state index in [4.69, 9.17) is 0 Å². The van der Waals surface area contributed by atoms with E-state index >= 15 is 0 Å². The van der Waals surface area contributed by atoms with E-state index in [0.29, 0.717) is 0 Å². The first-order chi connectivity index (χ1) is 6.75. The third-order valence-electron chi connectivity index (χ3n) is 3.67. The molecular formula is C12H22N2. The van der Waals surface area contributed by atoms with E-state index in [1.165, 1.54) is 32.5 Å². The van der Waals surface area contributed by atoms with Gasteiger partial charge in [-0.3, -0.25) is 4.90 Å². The maximum Gasteiger partial charge on any atom is 0.0221 e. The van der Waals surface area contributed by atoms with E-state index in [1.54, 1.807) is 5.57 Å². The third-order valence-corrected chi connectivity index (χ3v) is 3.67. The van der Waals surface area contributed by atoms with Gasteiger partial charge in [-0.25, -0.2) is 0 Å². The quantitative estimate of drug-likeness (QED) is 0.672. The number of hydrogen-bond acceptors (Lipinski definition) is 2. The molecule has 2 rings (SSSR count). The van der Waals surface area contributed by atoms with E-state index in [0.717, 1.165) is 18.5 Å². The molecule has 0 radical (unpaired) electrons. The largest absolute Gasteiger partial charge is 0.312 e. The van der Waals surface area contributed by atoms with Crippen LogP contribution in [0.2, 0.25) is 0 Å². The predicted octanol–water partition coefficient (Wildman–Crippen LogP) is 1.64. The fraction of sp³-hybridized carbons (Fsp3) is 0.833. The van der Waals surface area contributed by atoms with Gasteiger partial charge in [0.25, 0.3) is 0 Å². The number of nitrogens with one attached hydrogen (secondary N) is 1. The SMILES string of the molecule is CC1=CCN(CC2NCCC2C)CC1. The Balaban J connectivity index is 1.80. The van der Waals surface area contributed by atoms with Crippen LogP contribution in [0, 0.1) is 5.92 Å². The monoisotopic (exact) mass is 194 g/mol. The lowest BCUT2D eigenvalue weighted by Gasteiger charge is -2.29. The fourth-order valence-electron chi connectivity index (χ4n) is 2.40. The molecule has 2 heteroatoms. The lowest BCUT2D eigenvalue weighted by Crippen LogP contribution is -2.41. The van der Waals surface area contributed by atoms with Crippen LogP contribution in [-0.4, -0.2) is 37.1 Å². The molecule has 0 aliphatic carbocycles. The van der Waals surface area contributed by atoms with Crippen LogP contribution in [0.5, 0.6) is 0 Å². The number of rotatable bonds is 2. The fourth-order valence-corrected chi connectivity index (χ4v) is 2.40. The molecule has 2 aliphatic heterocycles. The van der Waals surface area contributed by atoms with Crippen LogP contribution in [0.1, 0.15) is 26.7 Å². The minimum atomic E-state index is 0.738. The van der Waals surface area contributed by atoms with E-state index < -0.39 is 0 Å². The van der Waals surface area contributed by atoms with Crippen molar-refractivity contribution in [3.05, 3.63) is 11.6 Å². The van der Waals surface area contributed by atoms with Gasteiger partial charge < -0.3 is 5.32 Å². The zero-order valence-electron chi connectivity index (χ0n) is 9.42. The second-order valence-electron chi connectivity index (χ2n) is 4.89. The smallest absolute Gasteiger partial charge is 0.0221 e. The molecule has 2 nitrogen and oxygen atoms in total. The second kappa shape index (κ2) is 4.45. The molecular weight excluding hydrogens is 172 g/mol. The molecule has 1 saturated heterocycles. The van der Waals surface area contributed by atoms with Crippen molar-refractivity contribution in [3.63, 3.8) is 0 Å². The molecule has 0 bridgehead atoms. The first-order valence-electron chi connectivity index (χ1n) is 5.87. The summed E-state index contributed by atoms with van der Waals surface area (Å²) in [5.41, 5.74) is 1.56. The van der Waals surface area contributed by atoms with E-state index in [9.17, 15) is 0 Å². The molecule has 0 saturated carbocycles. The van der Waals surface area contributed by atoms with Crippen LogP contribution < -0.4 is 5.32 Å². The van der Waals surface area contributed by atoms with Gasteiger partial charge in [0.05, 0.1) is 0 Å². The molecule has 14 heavy (non-hydrogen) atoms. The van der Waals surface area contributed by atoms with Crippen LogP contribution >= 0.6 is 0 Å². The summed E-state index contributed by atoms with van der Waals surface area (Å²) in [6.45, 7) is 9.49. The lowest BCUT2D eigenvalue weighted by molar-refractivity contribution is 0.249. The molecule has 1 fully saturated rings. The Hall–Kier alpha value is -0.340. The molecule has 0 amide bonds. The van der Waals surface area contributed by atoms with Gasteiger partial charge in [0.1, 0.15) is 0 Å². The molecule has 0 aromatic heterocycles. The first-order valence-corrected chi connectivity index (χ1v) is 5.87. The van der Waals surface area contributed by atoms with Crippen LogP contribution in [-0.2, 0) is 0 Å². The van der Waals surface area contributed by atoms with Crippen molar-refractivity contribution in [2.75, 3.05) is 26.2 Å². The summed E-state index contributed by atoms with van der Waals surface area (Å²) >= 11 is 0. The maximum atomic E-state index is 3.60. The average molecular weight is 194 g/mol. The zero-order valence-corrected chi connectivity index (χ0v) is 9.42. The van der Waals surface area contributed by atoms with Crippen molar-refractivity contribution in [2.24, 2.45) is 5.92 Å². The number of nitrogens with zero attached hydrogens (tertiary/aromatic N) is 1. The standard InChI is InChI=1S/C12H22N2/c1-10-4-7-14(8-5-10)9-12-11(2)3-6-13-12/h4,11-13H,3,5-9H2,1-2H3. The van der Waals surface area contributed by atoms with Gasteiger partial charge >= 0.3 is 0 Å². The van der Waals surface area contributed by atoms with Crippen molar-refractivity contribution >= 4 is 0 Å². The highest BCUT2D eigenvalue weighted by Crippen LogP contribution is 2.17. The normalized spacial score (nSPS) is 34.6. The molecule has 0 spiro atoms. The molecule has 2 aliphatic rings. The Labute approximate surface area is 87.4 Å². The van der Waals surface area contributed by atoms with Gasteiger partial charge in [-0.2, -0.15) is 0 Å². The molecule has 2 atom stereocenters. The van der Waals surface area contributed by atoms with Gasteiger partial charge in [-0.1, -0.05) is 18.6 Å². The molecule has 2 heterocycles. The summed E-state index contributed by atoms with van der Waals surface area (Å²) in [6.07, 6.45) is 5.00. The van der Waals surface area contributed by atoms with Crippen LogP contribution in [0.3, 0.4) is 0 Å². The minimum Gasteiger partial charge on any atom is -0.312 e. The first kappa shape index (κ1) is 10.2. The molecule has 0 aromatic rings. The highest BCUT2D eigenvalue weighted by Gasteiger charge is 2.24. The van der Waals surface area contributed by atoms with Gasteiger partial charge in [-0.05, 0) is 32.2 Å². The summed E-state index contributed by atoms with van der Waals surface area (Å²) in [6, 6.07) is 0.738. The van der Waals surface area contributed by atoms with Crippen molar-refractivity contribution in [1.82, 2.24) is 10.2 Å².